The molecule has 0 N–H and O–H groups in total. The first-order valence-electron chi connectivity index (χ1n) is 17.4. The monoisotopic (exact) mass is 687 g/mol. The summed E-state index contributed by atoms with van der Waals surface area (Å²) in [7, 11) is 5.63. The zero-order valence-electron chi connectivity index (χ0n) is 30.1. The maximum Gasteiger partial charge on any atom is 0.411 e. The molecule has 9 nitrogen and oxygen atoms in total. The van der Waals surface area contributed by atoms with Crippen molar-refractivity contribution in [2.24, 2.45) is 5.41 Å². The Labute approximate surface area is 292 Å². The summed E-state index contributed by atoms with van der Waals surface area (Å²) in [6.07, 6.45) is 3.91. The van der Waals surface area contributed by atoms with Gasteiger partial charge in [0.05, 0.1) is 17.1 Å². The maximum atomic E-state index is 17.2. The van der Waals surface area contributed by atoms with E-state index in [-0.39, 0.29) is 35.4 Å². The maximum absolute atomic E-state index is 17.2. The molecule has 0 unspecified atom stereocenters. The van der Waals surface area contributed by atoms with E-state index in [1.165, 1.54) is 13.2 Å². The molecule has 1 aromatic heterocycles. The first kappa shape index (κ1) is 34.4. The fourth-order valence-electron chi connectivity index (χ4n) is 8.13. The number of piperazine rings is 1. The number of carbonyl (C=O) groups is 1. The molecule has 50 heavy (non-hydrogen) atoms. The number of methoxy groups -OCH3 is 1. The van der Waals surface area contributed by atoms with E-state index >= 15 is 8.78 Å². The Balaban J connectivity index is 1.37. The molecule has 3 fully saturated rings. The number of nitrogens with zero attached hydrogens (tertiary/aromatic N) is 5. The minimum atomic E-state index is -0.738. The molecular formula is C39H47F2N5O4. The van der Waals surface area contributed by atoms with Crippen molar-refractivity contribution in [2.45, 2.75) is 77.0 Å². The average molecular weight is 688 g/mol. The zero-order valence-corrected chi connectivity index (χ0v) is 30.1. The Kier molecular flexibility index (Phi) is 8.66. The summed E-state index contributed by atoms with van der Waals surface area (Å²) < 4.78 is 50.4. The van der Waals surface area contributed by atoms with Gasteiger partial charge in [0.2, 0.25) is 0 Å². The fraction of sp³-hybridized carbons (Fsp3) is 0.513. The molecule has 1 amide bonds. The van der Waals surface area contributed by atoms with E-state index in [9.17, 15) is 4.79 Å². The number of carbonyl (C=O) groups excluding carboxylic acids is 1. The smallest absolute Gasteiger partial charge is 0.411 e. The van der Waals surface area contributed by atoms with Crippen LogP contribution in [0.5, 0.6) is 5.75 Å². The van der Waals surface area contributed by atoms with Gasteiger partial charge in [0.15, 0.2) is 12.6 Å². The van der Waals surface area contributed by atoms with Crippen molar-refractivity contribution in [1.82, 2.24) is 19.8 Å². The molecule has 2 atom stereocenters. The van der Waals surface area contributed by atoms with E-state index in [4.69, 9.17) is 24.2 Å². The predicted octanol–water partition coefficient (Wildman–Crippen LogP) is 7.57. The Morgan fingerprint density at radius 1 is 1.06 bits per heavy atom. The lowest BCUT2D eigenvalue weighted by Crippen LogP contribution is -2.63. The summed E-state index contributed by atoms with van der Waals surface area (Å²) in [6, 6.07) is 12.2. The van der Waals surface area contributed by atoms with Crippen molar-refractivity contribution in [3.8, 4) is 16.9 Å². The molecule has 7 rings (SSSR count). The lowest BCUT2D eigenvalue weighted by atomic mass is 9.95. The molecule has 2 aliphatic heterocycles. The molecule has 0 radical (unpaired) electrons. The largest absolute Gasteiger partial charge is 0.468 e. The van der Waals surface area contributed by atoms with E-state index in [1.54, 1.807) is 6.07 Å². The van der Waals surface area contributed by atoms with Crippen LogP contribution in [0.25, 0.3) is 32.8 Å². The highest BCUT2D eigenvalue weighted by atomic mass is 19.1. The number of hydrogen-bond acceptors (Lipinski definition) is 8. The number of ether oxygens (including phenoxy) is 3. The highest BCUT2D eigenvalue weighted by molar-refractivity contribution is 6.01. The summed E-state index contributed by atoms with van der Waals surface area (Å²) in [5.74, 6) is 0.0262. The van der Waals surface area contributed by atoms with Crippen LogP contribution in [0.4, 0.5) is 19.4 Å². The average Bonchev–Trinajstić information content (AvgIpc) is 3.74. The van der Waals surface area contributed by atoms with E-state index in [2.05, 4.69) is 30.8 Å². The third kappa shape index (κ3) is 6.46. The summed E-state index contributed by atoms with van der Waals surface area (Å²) in [5, 5.41) is 1.79. The number of fused-ring (bicyclic) bond motifs is 4. The SMILES string of the molecule is COCOc1cc(-c2c(F)cc3c(N4C[C@@H]5CC[C@](C)(C4)N5C(=O)OC(C)(C)C)nc(CC4(CN(C)C)CC4)nc3c2F)c2ccccc2c1. The molecule has 3 aromatic carbocycles. The normalized spacial score (nSPS) is 21.4. The van der Waals surface area contributed by atoms with Crippen LogP contribution in [-0.2, 0) is 15.9 Å². The number of benzene rings is 3. The fourth-order valence-corrected chi connectivity index (χ4v) is 8.13. The number of aromatic nitrogens is 2. The van der Waals surface area contributed by atoms with Gasteiger partial charge in [-0.25, -0.2) is 23.5 Å². The lowest BCUT2D eigenvalue weighted by Gasteiger charge is -2.47. The summed E-state index contributed by atoms with van der Waals surface area (Å²) >= 11 is 0. The number of anilines is 1. The van der Waals surface area contributed by atoms with Gasteiger partial charge in [-0.15, -0.1) is 0 Å². The van der Waals surface area contributed by atoms with Crippen molar-refractivity contribution in [1.29, 1.82) is 0 Å². The van der Waals surface area contributed by atoms with Gasteiger partial charge in [-0.3, -0.25) is 4.90 Å². The third-order valence-electron chi connectivity index (χ3n) is 10.3. The topological polar surface area (TPSA) is 80.3 Å². The molecule has 4 aromatic rings. The molecule has 2 bridgehead atoms. The molecule has 0 spiro atoms. The van der Waals surface area contributed by atoms with E-state index in [1.807, 2.05) is 56.0 Å². The highest BCUT2D eigenvalue weighted by Crippen LogP contribution is 2.49. The number of amides is 1. The van der Waals surface area contributed by atoms with Gasteiger partial charge < -0.3 is 24.0 Å². The molecule has 11 heteroatoms. The molecular weight excluding hydrogens is 640 g/mol. The van der Waals surface area contributed by atoms with Crippen LogP contribution in [0.1, 0.15) is 59.2 Å². The van der Waals surface area contributed by atoms with Crippen molar-refractivity contribution < 1.29 is 27.8 Å². The van der Waals surface area contributed by atoms with Gasteiger partial charge in [0.1, 0.15) is 34.3 Å². The first-order chi connectivity index (χ1) is 23.7. The van der Waals surface area contributed by atoms with E-state index in [0.29, 0.717) is 53.2 Å². The molecule has 3 heterocycles. The van der Waals surface area contributed by atoms with E-state index < -0.39 is 22.8 Å². The first-order valence-corrected chi connectivity index (χ1v) is 17.4. The third-order valence-corrected chi connectivity index (χ3v) is 10.3. The van der Waals surface area contributed by atoms with Crippen LogP contribution in [0, 0.1) is 17.0 Å². The summed E-state index contributed by atoms with van der Waals surface area (Å²) in [4.78, 5) is 29.5. The van der Waals surface area contributed by atoms with Crippen molar-refractivity contribution in [2.75, 3.05) is 52.5 Å². The number of hydrogen-bond donors (Lipinski definition) is 0. The number of rotatable bonds is 9. The second-order valence-electron chi connectivity index (χ2n) is 16.0. The second kappa shape index (κ2) is 12.6. The lowest BCUT2D eigenvalue weighted by molar-refractivity contribution is -0.00280. The van der Waals surface area contributed by atoms with Gasteiger partial charge in [0, 0.05) is 38.6 Å². The predicted molar refractivity (Wildman–Crippen MR) is 191 cm³/mol. The minimum absolute atomic E-state index is 0.00376. The Bertz CT molecular complexity index is 1960. The van der Waals surface area contributed by atoms with Crippen LogP contribution in [0.3, 0.4) is 0 Å². The highest BCUT2D eigenvalue weighted by Gasteiger charge is 2.52. The molecule has 1 saturated carbocycles. The standard InChI is InChI=1S/C39H47F2N5O4/c1-37(2,3)50-36(47)46-25-12-13-38(46,4)21-45(20-25)35-29-18-30(40)32(28-17-26(49-23-48-7)16-24-10-8-9-11-27(24)28)33(41)34(29)42-31(43-35)19-39(14-15-39)22-44(5)6/h8-11,16-18,25H,12-15,19-23H2,1-7H3/t25-,38+/m0/s1. The molecule has 1 aliphatic carbocycles. The van der Waals surface area contributed by atoms with Crippen molar-refractivity contribution in [3.63, 3.8) is 0 Å². The Hall–Kier alpha value is -4.09. The second-order valence-corrected chi connectivity index (χ2v) is 16.0. The van der Waals surface area contributed by atoms with E-state index in [0.717, 1.165) is 37.6 Å². The molecule has 266 valence electrons. The van der Waals surface area contributed by atoms with Gasteiger partial charge in [-0.2, -0.15) is 0 Å². The summed E-state index contributed by atoms with van der Waals surface area (Å²) in [6.45, 7) is 9.45. The Morgan fingerprint density at radius 2 is 1.82 bits per heavy atom. The van der Waals surface area contributed by atoms with Gasteiger partial charge in [0.25, 0.3) is 0 Å². The summed E-state index contributed by atoms with van der Waals surface area (Å²) in [5.41, 5.74) is -0.859. The minimum Gasteiger partial charge on any atom is -0.468 e. The van der Waals surface area contributed by atoms with Gasteiger partial charge >= 0.3 is 6.09 Å². The van der Waals surface area contributed by atoms with Crippen LogP contribution >= 0.6 is 0 Å². The van der Waals surface area contributed by atoms with Crippen molar-refractivity contribution >= 4 is 33.6 Å². The van der Waals surface area contributed by atoms with Crippen LogP contribution in [0.15, 0.2) is 42.5 Å². The Morgan fingerprint density at radius 3 is 2.50 bits per heavy atom. The van der Waals surface area contributed by atoms with Crippen molar-refractivity contribution in [3.05, 3.63) is 59.9 Å². The molecule has 2 saturated heterocycles. The number of halogens is 2. The molecule has 3 aliphatic rings. The van der Waals surface area contributed by atoms with Gasteiger partial charge in [-0.05, 0) is 107 Å². The van der Waals surface area contributed by atoms with Gasteiger partial charge in [-0.1, -0.05) is 24.3 Å². The quantitative estimate of drug-likeness (QED) is 0.167. The van der Waals surface area contributed by atoms with Crippen LogP contribution < -0.4 is 9.64 Å². The van der Waals surface area contributed by atoms with Crippen LogP contribution in [-0.4, -0.2) is 90.7 Å². The zero-order chi connectivity index (χ0) is 35.6. The van der Waals surface area contributed by atoms with Crippen LogP contribution in [0.2, 0.25) is 0 Å².